The number of amides is 1. The van der Waals surface area contributed by atoms with Crippen molar-refractivity contribution in [2.75, 3.05) is 0 Å². The highest BCUT2D eigenvalue weighted by Gasteiger charge is 2.31. The quantitative estimate of drug-likeness (QED) is 0.847. The molecule has 1 fully saturated rings. The summed E-state index contributed by atoms with van der Waals surface area (Å²) in [6.45, 7) is 2.07. The van der Waals surface area contributed by atoms with Crippen molar-refractivity contribution < 1.29 is 9.53 Å². The van der Waals surface area contributed by atoms with Crippen LogP contribution in [-0.2, 0) is 9.53 Å². The number of carbonyl (C=O) groups is 1. The summed E-state index contributed by atoms with van der Waals surface area (Å²) in [7, 11) is 0. The summed E-state index contributed by atoms with van der Waals surface area (Å²) in [5.74, 6) is 0.731. The highest BCUT2D eigenvalue weighted by Crippen LogP contribution is 2.36. The number of fused-ring (bicyclic) bond motifs is 1. The number of carbonyl (C=O) groups excluding carboxylic acids is 1. The zero-order valence-electron chi connectivity index (χ0n) is 15.2. The van der Waals surface area contributed by atoms with E-state index in [1.807, 2.05) is 42.5 Å². The molecule has 1 unspecified atom stereocenters. The molecule has 0 bridgehead atoms. The van der Waals surface area contributed by atoms with Crippen LogP contribution in [0.4, 0.5) is 0 Å². The molecule has 0 radical (unpaired) electrons. The first-order valence-electron chi connectivity index (χ1n) is 9.55. The SMILES string of the molecule is Cc1ccc(C2=Cc3ccccc3C(C(=O)NC3CCCCC3)O2)cc1. The third-order valence-corrected chi connectivity index (χ3v) is 5.34. The van der Waals surface area contributed by atoms with Gasteiger partial charge in [0.25, 0.3) is 5.91 Å². The number of rotatable bonds is 3. The average molecular weight is 347 g/mol. The van der Waals surface area contributed by atoms with Gasteiger partial charge in [0.05, 0.1) is 0 Å². The van der Waals surface area contributed by atoms with Gasteiger partial charge >= 0.3 is 0 Å². The van der Waals surface area contributed by atoms with Gasteiger partial charge < -0.3 is 10.1 Å². The highest BCUT2D eigenvalue weighted by atomic mass is 16.5. The standard InChI is InChI=1S/C23H25NO2/c1-16-11-13-17(14-12-16)21-15-18-7-5-6-10-20(18)22(26-21)23(25)24-19-8-3-2-4-9-19/h5-7,10-15,19,22H,2-4,8-9H2,1H3,(H,24,25). The molecular weight excluding hydrogens is 322 g/mol. The molecule has 1 heterocycles. The van der Waals surface area contributed by atoms with Crippen molar-refractivity contribution in [2.24, 2.45) is 0 Å². The smallest absolute Gasteiger partial charge is 0.266 e. The zero-order valence-corrected chi connectivity index (χ0v) is 15.2. The molecule has 2 aliphatic rings. The fraction of sp³-hybridized carbons (Fsp3) is 0.348. The van der Waals surface area contributed by atoms with Crippen LogP contribution in [0.5, 0.6) is 0 Å². The van der Waals surface area contributed by atoms with Gasteiger partial charge in [0.15, 0.2) is 0 Å². The monoisotopic (exact) mass is 347 g/mol. The molecular formula is C23H25NO2. The van der Waals surface area contributed by atoms with Crippen LogP contribution >= 0.6 is 0 Å². The molecule has 2 aromatic rings. The first-order valence-corrected chi connectivity index (χ1v) is 9.55. The second kappa shape index (κ2) is 7.36. The second-order valence-electron chi connectivity index (χ2n) is 7.34. The van der Waals surface area contributed by atoms with E-state index in [1.165, 1.54) is 24.8 Å². The lowest BCUT2D eigenvalue weighted by atomic mass is 9.94. The molecule has 1 N–H and O–H groups in total. The Labute approximate surface area is 155 Å². The lowest BCUT2D eigenvalue weighted by Crippen LogP contribution is -2.40. The number of hydrogen-bond acceptors (Lipinski definition) is 2. The van der Waals surface area contributed by atoms with Gasteiger partial charge in [-0.15, -0.1) is 0 Å². The summed E-state index contributed by atoms with van der Waals surface area (Å²) < 4.78 is 6.19. The predicted octanol–water partition coefficient (Wildman–Crippen LogP) is 5.01. The van der Waals surface area contributed by atoms with Gasteiger partial charge in [-0.05, 0) is 31.4 Å². The van der Waals surface area contributed by atoms with Crippen LogP contribution in [0.25, 0.3) is 11.8 Å². The molecule has 3 heteroatoms. The van der Waals surface area contributed by atoms with Crippen molar-refractivity contribution in [3.05, 3.63) is 70.8 Å². The van der Waals surface area contributed by atoms with E-state index < -0.39 is 6.10 Å². The maximum Gasteiger partial charge on any atom is 0.266 e. The minimum Gasteiger partial charge on any atom is -0.475 e. The van der Waals surface area contributed by atoms with Gasteiger partial charge in [-0.2, -0.15) is 0 Å². The molecule has 1 saturated carbocycles. The van der Waals surface area contributed by atoms with Gasteiger partial charge in [-0.25, -0.2) is 0 Å². The largest absolute Gasteiger partial charge is 0.475 e. The molecule has 0 saturated heterocycles. The number of hydrogen-bond donors (Lipinski definition) is 1. The Morgan fingerprint density at radius 2 is 1.73 bits per heavy atom. The zero-order chi connectivity index (χ0) is 17.9. The number of benzene rings is 2. The first kappa shape index (κ1) is 16.9. The molecule has 0 aromatic heterocycles. The summed E-state index contributed by atoms with van der Waals surface area (Å²) >= 11 is 0. The van der Waals surface area contributed by atoms with Crippen molar-refractivity contribution in [1.82, 2.24) is 5.32 Å². The lowest BCUT2D eigenvalue weighted by Gasteiger charge is -2.29. The summed E-state index contributed by atoms with van der Waals surface area (Å²) in [4.78, 5) is 13.0. The van der Waals surface area contributed by atoms with E-state index in [-0.39, 0.29) is 11.9 Å². The fourth-order valence-corrected chi connectivity index (χ4v) is 3.83. The lowest BCUT2D eigenvalue weighted by molar-refractivity contribution is -0.130. The second-order valence-corrected chi connectivity index (χ2v) is 7.34. The fourth-order valence-electron chi connectivity index (χ4n) is 3.83. The molecule has 4 rings (SSSR count). The predicted molar refractivity (Wildman–Crippen MR) is 104 cm³/mol. The Balaban J connectivity index is 1.61. The molecule has 1 aliphatic heterocycles. The third kappa shape index (κ3) is 3.52. The Bertz CT molecular complexity index is 816. The van der Waals surface area contributed by atoms with E-state index in [2.05, 4.69) is 24.4 Å². The Kier molecular flexibility index (Phi) is 4.79. The summed E-state index contributed by atoms with van der Waals surface area (Å²) in [6.07, 6.45) is 7.25. The topological polar surface area (TPSA) is 38.3 Å². The van der Waals surface area contributed by atoms with Gasteiger partial charge in [0.1, 0.15) is 5.76 Å². The highest BCUT2D eigenvalue weighted by molar-refractivity contribution is 5.89. The maximum atomic E-state index is 13.0. The van der Waals surface area contributed by atoms with Gasteiger partial charge in [-0.3, -0.25) is 4.79 Å². The molecule has 1 amide bonds. The number of ether oxygens (including phenoxy) is 1. The van der Waals surface area contributed by atoms with Gasteiger partial charge in [-0.1, -0.05) is 73.4 Å². The molecule has 3 nitrogen and oxygen atoms in total. The molecule has 1 atom stereocenters. The summed E-state index contributed by atoms with van der Waals surface area (Å²) in [5, 5.41) is 3.22. The van der Waals surface area contributed by atoms with Crippen molar-refractivity contribution in [1.29, 1.82) is 0 Å². The average Bonchev–Trinajstić information content (AvgIpc) is 2.68. The third-order valence-electron chi connectivity index (χ3n) is 5.34. The van der Waals surface area contributed by atoms with Gasteiger partial charge in [0.2, 0.25) is 6.10 Å². The van der Waals surface area contributed by atoms with E-state index in [1.54, 1.807) is 0 Å². The van der Waals surface area contributed by atoms with Crippen molar-refractivity contribution in [2.45, 2.75) is 51.2 Å². The van der Waals surface area contributed by atoms with Gasteiger partial charge in [0, 0.05) is 17.2 Å². The van der Waals surface area contributed by atoms with E-state index in [4.69, 9.17) is 4.74 Å². The van der Waals surface area contributed by atoms with Crippen LogP contribution in [0.2, 0.25) is 0 Å². The van der Waals surface area contributed by atoms with Crippen LogP contribution in [0.1, 0.15) is 60.5 Å². The number of aryl methyl sites for hydroxylation is 1. The molecule has 134 valence electrons. The minimum absolute atomic E-state index is 0.0259. The van der Waals surface area contributed by atoms with Crippen LogP contribution in [0, 0.1) is 6.92 Å². The van der Waals surface area contributed by atoms with E-state index in [9.17, 15) is 4.79 Å². The molecule has 2 aromatic carbocycles. The van der Waals surface area contributed by atoms with Crippen molar-refractivity contribution in [3.8, 4) is 0 Å². The Hall–Kier alpha value is -2.55. The number of nitrogens with one attached hydrogen (secondary N) is 1. The van der Waals surface area contributed by atoms with Crippen LogP contribution in [-0.4, -0.2) is 11.9 Å². The van der Waals surface area contributed by atoms with Crippen molar-refractivity contribution in [3.63, 3.8) is 0 Å². The van der Waals surface area contributed by atoms with E-state index in [0.717, 1.165) is 35.3 Å². The van der Waals surface area contributed by atoms with Crippen LogP contribution in [0.3, 0.4) is 0 Å². The first-order chi connectivity index (χ1) is 12.7. The summed E-state index contributed by atoms with van der Waals surface area (Å²) in [6, 6.07) is 16.5. The Morgan fingerprint density at radius 1 is 1.00 bits per heavy atom. The molecule has 1 aliphatic carbocycles. The molecule has 0 spiro atoms. The van der Waals surface area contributed by atoms with Crippen LogP contribution in [0.15, 0.2) is 48.5 Å². The molecule has 26 heavy (non-hydrogen) atoms. The summed E-state index contributed by atoms with van der Waals surface area (Å²) in [5.41, 5.74) is 4.20. The minimum atomic E-state index is -0.588. The van der Waals surface area contributed by atoms with E-state index >= 15 is 0 Å². The normalized spacial score (nSPS) is 19.9. The maximum absolute atomic E-state index is 13.0. The van der Waals surface area contributed by atoms with Crippen molar-refractivity contribution >= 4 is 17.7 Å². The van der Waals surface area contributed by atoms with E-state index in [0.29, 0.717) is 0 Å². The Morgan fingerprint density at radius 3 is 2.50 bits per heavy atom. The van der Waals surface area contributed by atoms with Crippen LogP contribution < -0.4 is 5.32 Å².